The van der Waals surface area contributed by atoms with Crippen molar-refractivity contribution in [3.8, 4) is 5.75 Å². The van der Waals surface area contributed by atoms with E-state index in [1.165, 1.54) is 0 Å². The Balaban J connectivity index is 1.84. The van der Waals surface area contributed by atoms with Gasteiger partial charge in [0.1, 0.15) is 5.75 Å². The lowest BCUT2D eigenvalue weighted by atomic mass is 10.2. The maximum Gasteiger partial charge on any atom is 0.244 e. The molecule has 22 heavy (non-hydrogen) atoms. The molecule has 1 aromatic carbocycles. The minimum atomic E-state index is 0.510. The molecule has 2 rings (SSSR count). The molecule has 0 atom stereocenters. The van der Waals surface area contributed by atoms with Gasteiger partial charge in [0.15, 0.2) is 5.82 Å². The number of hydrogen-bond acceptors (Lipinski definition) is 7. The van der Waals surface area contributed by atoms with E-state index in [0.717, 1.165) is 24.3 Å². The Labute approximate surface area is 130 Å². The predicted octanol–water partition coefficient (Wildman–Crippen LogP) is 1.94. The largest absolute Gasteiger partial charge is 0.497 e. The van der Waals surface area contributed by atoms with Crippen LogP contribution in [0.5, 0.6) is 5.75 Å². The fourth-order valence-corrected chi connectivity index (χ4v) is 1.82. The zero-order valence-corrected chi connectivity index (χ0v) is 12.9. The summed E-state index contributed by atoms with van der Waals surface area (Å²) in [7, 11) is 3.34. The molecule has 1 aromatic heterocycles. The number of rotatable bonds is 9. The van der Waals surface area contributed by atoms with Crippen LogP contribution in [0.4, 0.5) is 11.8 Å². The summed E-state index contributed by atoms with van der Waals surface area (Å²) in [5.41, 5.74) is 1.13. The maximum atomic E-state index is 5.13. The SMILES string of the molecule is COCCCNc1nncc(NCc2ccc(OC)cc2)n1. The second kappa shape index (κ2) is 8.78. The highest BCUT2D eigenvalue weighted by molar-refractivity contribution is 5.38. The molecule has 1 heterocycles. The molecule has 7 nitrogen and oxygen atoms in total. The number of benzene rings is 1. The summed E-state index contributed by atoms with van der Waals surface area (Å²) >= 11 is 0. The number of methoxy groups -OCH3 is 2. The molecule has 0 bridgehead atoms. The molecule has 0 radical (unpaired) electrons. The summed E-state index contributed by atoms with van der Waals surface area (Å²) in [4.78, 5) is 4.36. The Bertz CT molecular complexity index is 562. The quantitative estimate of drug-likeness (QED) is 0.685. The predicted molar refractivity (Wildman–Crippen MR) is 85.1 cm³/mol. The molecule has 7 heteroatoms. The fraction of sp³-hybridized carbons (Fsp3) is 0.400. The zero-order chi connectivity index (χ0) is 15.6. The molecule has 0 aliphatic heterocycles. The second-order valence-electron chi connectivity index (χ2n) is 4.64. The van der Waals surface area contributed by atoms with Gasteiger partial charge in [-0.15, -0.1) is 5.10 Å². The summed E-state index contributed by atoms with van der Waals surface area (Å²) < 4.78 is 10.1. The molecule has 0 saturated heterocycles. The first-order valence-corrected chi connectivity index (χ1v) is 7.11. The van der Waals surface area contributed by atoms with E-state index < -0.39 is 0 Å². The molecular formula is C15H21N5O2. The van der Waals surface area contributed by atoms with Crippen LogP contribution in [-0.4, -0.2) is 42.6 Å². The number of nitrogens with zero attached hydrogens (tertiary/aromatic N) is 3. The van der Waals surface area contributed by atoms with Crippen molar-refractivity contribution in [2.45, 2.75) is 13.0 Å². The first kappa shape index (κ1) is 16.0. The molecule has 0 fully saturated rings. The van der Waals surface area contributed by atoms with Crippen molar-refractivity contribution < 1.29 is 9.47 Å². The summed E-state index contributed by atoms with van der Waals surface area (Å²) in [5, 5.41) is 14.2. The van der Waals surface area contributed by atoms with Gasteiger partial charge in [0.2, 0.25) is 5.95 Å². The van der Waals surface area contributed by atoms with Gasteiger partial charge in [-0.25, -0.2) is 0 Å². The molecule has 118 valence electrons. The topological polar surface area (TPSA) is 81.2 Å². The van der Waals surface area contributed by atoms with Crippen LogP contribution in [0.25, 0.3) is 0 Å². The Morgan fingerprint density at radius 3 is 2.64 bits per heavy atom. The highest BCUT2D eigenvalue weighted by atomic mass is 16.5. The van der Waals surface area contributed by atoms with E-state index in [0.29, 0.717) is 24.9 Å². The molecular weight excluding hydrogens is 282 g/mol. The highest BCUT2D eigenvalue weighted by Gasteiger charge is 2.01. The van der Waals surface area contributed by atoms with E-state index in [4.69, 9.17) is 9.47 Å². The van der Waals surface area contributed by atoms with Crippen molar-refractivity contribution in [1.29, 1.82) is 0 Å². The lowest BCUT2D eigenvalue weighted by Gasteiger charge is -2.08. The molecule has 0 unspecified atom stereocenters. The minimum absolute atomic E-state index is 0.510. The van der Waals surface area contributed by atoms with Crippen LogP contribution in [0.2, 0.25) is 0 Å². The standard InChI is InChI=1S/C15H21N5O2/c1-21-9-3-8-16-15-19-14(11-18-20-15)17-10-12-4-6-13(22-2)7-5-12/h4-7,11H,3,8-10H2,1-2H3,(H2,16,17,19,20). The van der Waals surface area contributed by atoms with Gasteiger partial charge in [0.05, 0.1) is 13.3 Å². The van der Waals surface area contributed by atoms with Crippen LogP contribution in [0, 0.1) is 0 Å². The van der Waals surface area contributed by atoms with Crippen LogP contribution in [0.3, 0.4) is 0 Å². The Kier molecular flexibility index (Phi) is 6.38. The number of hydrogen-bond donors (Lipinski definition) is 2. The van der Waals surface area contributed by atoms with E-state index >= 15 is 0 Å². The van der Waals surface area contributed by atoms with Gasteiger partial charge in [-0.3, -0.25) is 0 Å². The summed E-state index contributed by atoms with van der Waals surface area (Å²) in [6.45, 7) is 2.11. The van der Waals surface area contributed by atoms with Gasteiger partial charge in [-0.05, 0) is 24.1 Å². The third-order valence-electron chi connectivity index (χ3n) is 3.00. The van der Waals surface area contributed by atoms with E-state index in [9.17, 15) is 0 Å². The van der Waals surface area contributed by atoms with Gasteiger partial charge in [0, 0.05) is 26.8 Å². The van der Waals surface area contributed by atoms with Crippen LogP contribution in [-0.2, 0) is 11.3 Å². The molecule has 2 aromatic rings. The number of ether oxygens (including phenoxy) is 2. The zero-order valence-electron chi connectivity index (χ0n) is 12.9. The van der Waals surface area contributed by atoms with E-state index in [1.807, 2.05) is 24.3 Å². The van der Waals surface area contributed by atoms with Crippen molar-refractivity contribution in [2.75, 3.05) is 38.0 Å². The summed E-state index contributed by atoms with van der Waals surface area (Å²) in [6, 6.07) is 7.87. The van der Waals surface area contributed by atoms with Crippen LogP contribution in [0.15, 0.2) is 30.5 Å². The van der Waals surface area contributed by atoms with Crippen molar-refractivity contribution in [1.82, 2.24) is 15.2 Å². The average Bonchev–Trinajstić information content (AvgIpc) is 2.58. The Hall–Kier alpha value is -2.41. The molecule has 0 amide bonds. The molecule has 0 aliphatic carbocycles. The molecule has 2 N–H and O–H groups in total. The molecule has 0 spiro atoms. The number of anilines is 2. The van der Waals surface area contributed by atoms with Crippen LogP contribution >= 0.6 is 0 Å². The fourth-order valence-electron chi connectivity index (χ4n) is 1.82. The van der Waals surface area contributed by atoms with Crippen molar-refractivity contribution >= 4 is 11.8 Å². The third kappa shape index (κ3) is 5.17. The smallest absolute Gasteiger partial charge is 0.244 e. The molecule has 0 aliphatic rings. The van der Waals surface area contributed by atoms with Gasteiger partial charge >= 0.3 is 0 Å². The maximum absolute atomic E-state index is 5.13. The van der Waals surface area contributed by atoms with E-state index in [1.54, 1.807) is 20.4 Å². The van der Waals surface area contributed by atoms with Gasteiger partial charge in [-0.1, -0.05) is 12.1 Å². The van der Waals surface area contributed by atoms with Gasteiger partial charge < -0.3 is 20.1 Å². The first-order valence-electron chi connectivity index (χ1n) is 7.11. The highest BCUT2D eigenvalue weighted by Crippen LogP contribution is 2.12. The number of nitrogens with one attached hydrogen (secondary N) is 2. The second-order valence-corrected chi connectivity index (χ2v) is 4.64. The van der Waals surface area contributed by atoms with E-state index in [-0.39, 0.29) is 0 Å². The van der Waals surface area contributed by atoms with Crippen molar-refractivity contribution in [3.63, 3.8) is 0 Å². The minimum Gasteiger partial charge on any atom is -0.497 e. The first-order chi connectivity index (χ1) is 10.8. The average molecular weight is 303 g/mol. The summed E-state index contributed by atoms with van der Waals surface area (Å²) in [6.07, 6.45) is 2.49. The Morgan fingerprint density at radius 1 is 1.09 bits per heavy atom. The van der Waals surface area contributed by atoms with Crippen LogP contribution in [0.1, 0.15) is 12.0 Å². The molecule has 0 saturated carbocycles. The lowest BCUT2D eigenvalue weighted by molar-refractivity contribution is 0.197. The van der Waals surface area contributed by atoms with Gasteiger partial charge in [-0.2, -0.15) is 10.1 Å². The van der Waals surface area contributed by atoms with E-state index in [2.05, 4.69) is 25.8 Å². The number of aromatic nitrogens is 3. The monoisotopic (exact) mass is 303 g/mol. The van der Waals surface area contributed by atoms with Crippen molar-refractivity contribution in [3.05, 3.63) is 36.0 Å². The Morgan fingerprint density at radius 2 is 1.91 bits per heavy atom. The summed E-state index contributed by atoms with van der Waals surface area (Å²) in [5.74, 6) is 2.03. The van der Waals surface area contributed by atoms with Crippen LogP contribution < -0.4 is 15.4 Å². The lowest BCUT2D eigenvalue weighted by Crippen LogP contribution is -2.10. The third-order valence-corrected chi connectivity index (χ3v) is 3.00. The van der Waals surface area contributed by atoms with Gasteiger partial charge in [0.25, 0.3) is 0 Å². The van der Waals surface area contributed by atoms with Crippen molar-refractivity contribution in [2.24, 2.45) is 0 Å². The normalized spacial score (nSPS) is 10.3.